The fourth-order valence-electron chi connectivity index (χ4n) is 4.29. The Labute approximate surface area is 196 Å². The molecule has 6 aromatic rings. The van der Waals surface area contributed by atoms with Gasteiger partial charge in [-0.2, -0.15) is 5.26 Å². The highest BCUT2D eigenvalue weighted by atomic mass is 32.1. The average Bonchev–Trinajstić information content (AvgIpc) is 3.26. The second-order valence-corrected chi connectivity index (χ2v) is 9.09. The lowest BCUT2D eigenvalue weighted by Gasteiger charge is -2.06. The largest absolute Gasteiger partial charge is 0.246 e. The lowest BCUT2D eigenvalue weighted by atomic mass is 9.98. The summed E-state index contributed by atoms with van der Waals surface area (Å²) in [5.74, 6) is 0. The molecule has 0 saturated heterocycles. The van der Waals surface area contributed by atoms with Crippen LogP contribution >= 0.6 is 11.3 Å². The predicted octanol–water partition coefficient (Wildman–Crippen LogP) is 8.32. The summed E-state index contributed by atoms with van der Waals surface area (Å²) in [6.07, 6.45) is 1.68. The molecule has 0 unspecified atom stereocenters. The van der Waals surface area contributed by atoms with Crippen LogP contribution in [0.2, 0.25) is 0 Å². The maximum absolute atomic E-state index is 9.12. The van der Waals surface area contributed by atoms with Crippen molar-refractivity contribution in [2.24, 2.45) is 0 Å². The van der Waals surface area contributed by atoms with Gasteiger partial charge in [0, 0.05) is 26.4 Å². The molecule has 2 heterocycles. The molecule has 0 radical (unpaired) electrons. The van der Waals surface area contributed by atoms with Crippen molar-refractivity contribution in [3.05, 3.63) is 115 Å². The van der Waals surface area contributed by atoms with Gasteiger partial charge in [0.1, 0.15) is 11.8 Å². The van der Waals surface area contributed by atoms with Gasteiger partial charge in [0.25, 0.3) is 0 Å². The van der Waals surface area contributed by atoms with Gasteiger partial charge in [-0.25, -0.2) is 4.98 Å². The lowest BCUT2D eigenvalue weighted by molar-refractivity contribution is 1.26. The van der Waals surface area contributed by atoms with Crippen LogP contribution in [0.15, 0.2) is 109 Å². The van der Waals surface area contributed by atoms with Crippen LogP contribution < -0.4 is 0 Å². The molecule has 33 heavy (non-hydrogen) atoms. The van der Waals surface area contributed by atoms with E-state index in [1.807, 2.05) is 23.5 Å². The summed E-state index contributed by atoms with van der Waals surface area (Å²) < 4.78 is 2.61. The Morgan fingerprint density at radius 2 is 1.06 bits per heavy atom. The van der Waals surface area contributed by atoms with E-state index < -0.39 is 0 Å². The second kappa shape index (κ2) is 8.02. The smallest absolute Gasteiger partial charge is 0.141 e. The van der Waals surface area contributed by atoms with Crippen LogP contribution in [-0.4, -0.2) is 4.98 Å². The van der Waals surface area contributed by atoms with Gasteiger partial charge in [0.2, 0.25) is 0 Å². The molecule has 0 N–H and O–H groups in total. The highest BCUT2D eigenvalue weighted by molar-refractivity contribution is 7.25. The van der Waals surface area contributed by atoms with Crippen LogP contribution in [0, 0.1) is 11.3 Å². The molecule has 0 aliphatic rings. The van der Waals surface area contributed by atoms with E-state index in [1.165, 1.54) is 42.4 Å². The molecule has 0 saturated carbocycles. The first-order valence-electron chi connectivity index (χ1n) is 10.8. The van der Waals surface area contributed by atoms with E-state index in [2.05, 4.69) is 102 Å². The van der Waals surface area contributed by atoms with Crippen molar-refractivity contribution in [1.29, 1.82) is 5.26 Å². The fraction of sp³-hybridized carbons (Fsp3) is 0. The van der Waals surface area contributed by atoms with Crippen LogP contribution in [0.5, 0.6) is 0 Å². The normalized spacial score (nSPS) is 11.0. The van der Waals surface area contributed by atoms with Gasteiger partial charge in [-0.1, -0.05) is 66.7 Å². The minimum Gasteiger partial charge on any atom is -0.246 e. The Kier molecular flexibility index (Phi) is 4.72. The third kappa shape index (κ3) is 3.57. The number of benzene rings is 4. The number of nitriles is 1. The summed E-state index contributed by atoms with van der Waals surface area (Å²) in [5.41, 5.74) is 7.36. The number of pyridine rings is 1. The third-order valence-electron chi connectivity index (χ3n) is 6.00. The van der Waals surface area contributed by atoms with Crippen molar-refractivity contribution in [3.63, 3.8) is 0 Å². The standard InChI is InChI=1S/C30H18N2S/c31-19-26-16-25(14-15-32-26)22-8-6-21(7-9-22)24-11-13-30-28(18-24)27-17-23(10-12-29(27)33-30)20-4-2-1-3-5-20/h1-18H. The molecule has 2 nitrogen and oxygen atoms in total. The third-order valence-corrected chi connectivity index (χ3v) is 7.15. The Balaban J connectivity index is 1.41. The zero-order valence-corrected chi connectivity index (χ0v) is 18.5. The van der Waals surface area contributed by atoms with E-state index in [0.29, 0.717) is 5.69 Å². The number of aromatic nitrogens is 1. The Morgan fingerprint density at radius 1 is 0.545 bits per heavy atom. The molecule has 0 spiro atoms. The maximum atomic E-state index is 9.12. The summed E-state index contributed by atoms with van der Waals surface area (Å²) in [6.45, 7) is 0. The van der Waals surface area contributed by atoms with Crippen molar-refractivity contribution < 1.29 is 0 Å². The quantitative estimate of drug-likeness (QED) is 0.278. The summed E-state index contributed by atoms with van der Waals surface area (Å²) in [6, 6.07) is 38.4. The molecule has 0 bridgehead atoms. The van der Waals surface area contributed by atoms with Crippen LogP contribution in [0.25, 0.3) is 53.6 Å². The first kappa shape index (κ1) is 19.4. The molecule has 0 aliphatic heterocycles. The van der Waals surface area contributed by atoms with Crippen molar-refractivity contribution >= 4 is 31.5 Å². The zero-order valence-electron chi connectivity index (χ0n) is 17.7. The topological polar surface area (TPSA) is 36.7 Å². The molecule has 2 aromatic heterocycles. The summed E-state index contributed by atoms with van der Waals surface area (Å²) in [4.78, 5) is 4.06. The van der Waals surface area contributed by atoms with Gasteiger partial charge < -0.3 is 0 Å². The van der Waals surface area contributed by atoms with Gasteiger partial charge >= 0.3 is 0 Å². The fourth-order valence-corrected chi connectivity index (χ4v) is 5.36. The molecular formula is C30H18N2S. The molecule has 0 fully saturated rings. The zero-order chi connectivity index (χ0) is 22.2. The number of hydrogen-bond donors (Lipinski definition) is 0. The number of rotatable bonds is 3. The summed E-state index contributed by atoms with van der Waals surface area (Å²) in [5, 5.41) is 11.7. The Morgan fingerprint density at radius 3 is 1.64 bits per heavy atom. The number of hydrogen-bond acceptors (Lipinski definition) is 3. The summed E-state index contributed by atoms with van der Waals surface area (Å²) in [7, 11) is 0. The average molecular weight is 439 g/mol. The van der Waals surface area contributed by atoms with Gasteiger partial charge in [0.05, 0.1) is 0 Å². The van der Waals surface area contributed by atoms with E-state index >= 15 is 0 Å². The van der Waals surface area contributed by atoms with E-state index in [0.717, 1.165) is 11.1 Å². The van der Waals surface area contributed by atoms with Crippen molar-refractivity contribution in [2.45, 2.75) is 0 Å². The molecule has 6 rings (SSSR count). The SMILES string of the molecule is N#Cc1cc(-c2ccc(-c3ccc4sc5ccc(-c6ccccc6)cc5c4c3)cc2)ccn1. The second-order valence-electron chi connectivity index (χ2n) is 8.01. The number of fused-ring (bicyclic) bond motifs is 3. The van der Waals surface area contributed by atoms with Crippen molar-refractivity contribution in [2.75, 3.05) is 0 Å². The van der Waals surface area contributed by atoms with Gasteiger partial charge in [-0.15, -0.1) is 11.3 Å². The van der Waals surface area contributed by atoms with Gasteiger partial charge in [0.15, 0.2) is 0 Å². The van der Waals surface area contributed by atoms with Crippen LogP contribution in [0.1, 0.15) is 5.69 Å². The van der Waals surface area contributed by atoms with Crippen LogP contribution in [-0.2, 0) is 0 Å². The minimum atomic E-state index is 0.432. The molecule has 0 aliphatic carbocycles. The van der Waals surface area contributed by atoms with Crippen LogP contribution in [0.4, 0.5) is 0 Å². The summed E-state index contributed by atoms with van der Waals surface area (Å²) >= 11 is 1.84. The van der Waals surface area contributed by atoms with E-state index in [-0.39, 0.29) is 0 Å². The lowest BCUT2D eigenvalue weighted by Crippen LogP contribution is -1.84. The van der Waals surface area contributed by atoms with E-state index in [1.54, 1.807) is 6.20 Å². The Hall–Kier alpha value is -4.26. The molecule has 4 aromatic carbocycles. The van der Waals surface area contributed by atoms with Gasteiger partial charge in [-0.3, -0.25) is 0 Å². The van der Waals surface area contributed by atoms with Gasteiger partial charge in [-0.05, 0) is 69.8 Å². The molecular weight excluding hydrogens is 420 g/mol. The van der Waals surface area contributed by atoms with E-state index in [4.69, 9.17) is 5.26 Å². The molecule has 154 valence electrons. The highest BCUT2D eigenvalue weighted by Crippen LogP contribution is 2.38. The highest BCUT2D eigenvalue weighted by Gasteiger charge is 2.09. The van der Waals surface area contributed by atoms with Crippen LogP contribution in [0.3, 0.4) is 0 Å². The molecule has 0 atom stereocenters. The van der Waals surface area contributed by atoms with E-state index in [9.17, 15) is 0 Å². The maximum Gasteiger partial charge on any atom is 0.141 e. The Bertz CT molecular complexity index is 1660. The van der Waals surface area contributed by atoms with Crippen molar-refractivity contribution in [1.82, 2.24) is 4.98 Å². The molecule has 3 heteroatoms. The number of thiophene rings is 1. The monoisotopic (exact) mass is 438 g/mol. The molecule has 0 amide bonds. The minimum absolute atomic E-state index is 0.432. The first-order valence-corrected chi connectivity index (χ1v) is 11.6. The first-order chi connectivity index (χ1) is 16.3. The number of nitrogens with zero attached hydrogens (tertiary/aromatic N) is 2. The van der Waals surface area contributed by atoms with Crippen molar-refractivity contribution in [3.8, 4) is 39.4 Å². The predicted molar refractivity (Wildman–Crippen MR) is 138 cm³/mol.